The van der Waals surface area contributed by atoms with Gasteiger partial charge in [-0.3, -0.25) is 0 Å². The van der Waals surface area contributed by atoms with Crippen molar-refractivity contribution in [2.45, 2.75) is 26.5 Å². The molecule has 0 bridgehead atoms. The van der Waals surface area contributed by atoms with Crippen LogP contribution in [0.15, 0.2) is 53.7 Å². The van der Waals surface area contributed by atoms with Gasteiger partial charge in [0.2, 0.25) is 0 Å². The van der Waals surface area contributed by atoms with E-state index in [0.29, 0.717) is 18.1 Å². The van der Waals surface area contributed by atoms with Crippen LogP contribution in [-0.2, 0) is 19.6 Å². The number of aliphatic imine (C=N–C) groups is 1. The average Bonchev–Trinajstić information content (AvgIpc) is 3.10. The zero-order chi connectivity index (χ0) is 19.1. The summed E-state index contributed by atoms with van der Waals surface area (Å²) < 4.78 is 13.5. The minimum absolute atomic E-state index is 0.292. The standard InChI is InChI=1S/C21H25FN4O/c1-2-23-21(26-12-15-7-8-19(22)17(11-15)14-27)24-10-9-16-13-25-20-6-4-3-5-18(16)20/h3-8,11,13,25,27H,2,9-10,12,14H2,1H3,(H2,23,24,26). The number of para-hydroxylation sites is 1. The predicted molar refractivity (Wildman–Crippen MR) is 107 cm³/mol. The third-order valence-electron chi connectivity index (χ3n) is 4.41. The van der Waals surface area contributed by atoms with Crippen molar-refractivity contribution >= 4 is 16.9 Å². The molecule has 3 rings (SSSR count). The van der Waals surface area contributed by atoms with E-state index in [1.807, 2.05) is 25.3 Å². The summed E-state index contributed by atoms with van der Waals surface area (Å²) in [6.45, 7) is 3.61. The summed E-state index contributed by atoms with van der Waals surface area (Å²) in [5, 5.41) is 17.0. The fourth-order valence-corrected chi connectivity index (χ4v) is 3.01. The highest BCUT2D eigenvalue weighted by molar-refractivity contribution is 5.83. The first-order valence-corrected chi connectivity index (χ1v) is 9.16. The molecule has 1 aromatic heterocycles. The highest BCUT2D eigenvalue weighted by atomic mass is 19.1. The van der Waals surface area contributed by atoms with Gasteiger partial charge in [-0.1, -0.05) is 24.3 Å². The Hall–Kier alpha value is -2.86. The highest BCUT2D eigenvalue weighted by Gasteiger charge is 2.05. The number of fused-ring (bicyclic) bond motifs is 1. The number of aromatic nitrogens is 1. The number of aliphatic hydroxyl groups excluding tert-OH is 1. The van der Waals surface area contributed by atoms with E-state index < -0.39 is 5.82 Å². The van der Waals surface area contributed by atoms with E-state index in [1.54, 1.807) is 12.1 Å². The molecule has 5 nitrogen and oxygen atoms in total. The molecule has 0 atom stereocenters. The van der Waals surface area contributed by atoms with Gasteiger partial charge in [0.25, 0.3) is 0 Å². The van der Waals surface area contributed by atoms with Crippen LogP contribution < -0.4 is 10.6 Å². The summed E-state index contributed by atoms with van der Waals surface area (Å²) in [4.78, 5) is 7.84. The Morgan fingerprint density at radius 2 is 2.00 bits per heavy atom. The minimum atomic E-state index is -0.394. The van der Waals surface area contributed by atoms with E-state index in [4.69, 9.17) is 0 Å². The SMILES string of the molecule is CCNC(=NCc1ccc(F)c(CO)c1)NCCc1c[nH]c2ccccc12. The summed E-state index contributed by atoms with van der Waals surface area (Å²) in [6.07, 6.45) is 2.92. The molecule has 4 N–H and O–H groups in total. The summed E-state index contributed by atoms with van der Waals surface area (Å²) in [5.41, 5.74) is 3.55. The van der Waals surface area contributed by atoms with Gasteiger partial charge >= 0.3 is 0 Å². The summed E-state index contributed by atoms with van der Waals surface area (Å²) in [5.74, 6) is 0.321. The molecule has 27 heavy (non-hydrogen) atoms. The van der Waals surface area contributed by atoms with Crippen LogP contribution in [0.25, 0.3) is 10.9 Å². The van der Waals surface area contributed by atoms with E-state index in [9.17, 15) is 9.50 Å². The van der Waals surface area contributed by atoms with Gasteiger partial charge in [-0.15, -0.1) is 0 Å². The van der Waals surface area contributed by atoms with Crippen molar-refractivity contribution in [3.05, 3.63) is 71.2 Å². The molecule has 0 radical (unpaired) electrons. The van der Waals surface area contributed by atoms with Gasteiger partial charge in [0.15, 0.2) is 5.96 Å². The van der Waals surface area contributed by atoms with Crippen LogP contribution in [0.4, 0.5) is 4.39 Å². The largest absolute Gasteiger partial charge is 0.392 e. The van der Waals surface area contributed by atoms with Crippen molar-refractivity contribution in [3.63, 3.8) is 0 Å². The van der Waals surface area contributed by atoms with Gasteiger partial charge in [-0.25, -0.2) is 9.38 Å². The fourth-order valence-electron chi connectivity index (χ4n) is 3.01. The molecule has 2 aromatic carbocycles. The molecule has 1 heterocycles. The summed E-state index contributed by atoms with van der Waals surface area (Å²) >= 11 is 0. The first-order chi connectivity index (χ1) is 13.2. The molecule has 6 heteroatoms. The Bertz CT molecular complexity index is 919. The first kappa shape index (κ1) is 18.9. The van der Waals surface area contributed by atoms with Gasteiger partial charge in [0.05, 0.1) is 13.2 Å². The Morgan fingerprint density at radius 1 is 1.15 bits per heavy atom. The van der Waals surface area contributed by atoms with Crippen LogP contribution in [0.2, 0.25) is 0 Å². The molecule has 0 saturated heterocycles. The lowest BCUT2D eigenvalue weighted by molar-refractivity contribution is 0.275. The topological polar surface area (TPSA) is 72.4 Å². The third kappa shape index (κ3) is 4.86. The number of H-pyrrole nitrogens is 1. The van der Waals surface area contributed by atoms with E-state index in [2.05, 4.69) is 32.7 Å². The predicted octanol–water partition coefficient (Wildman–Crippen LogP) is 3.10. The minimum Gasteiger partial charge on any atom is -0.392 e. The molecule has 0 unspecified atom stereocenters. The molecular weight excluding hydrogens is 343 g/mol. The Balaban J connectivity index is 1.60. The first-order valence-electron chi connectivity index (χ1n) is 9.16. The van der Waals surface area contributed by atoms with Crippen molar-refractivity contribution in [2.75, 3.05) is 13.1 Å². The molecule has 3 aromatic rings. The normalized spacial score (nSPS) is 11.7. The number of aromatic amines is 1. The number of aliphatic hydroxyl groups is 1. The number of hydrogen-bond donors (Lipinski definition) is 4. The molecule has 0 spiro atoms. The lowest BCUT2D eigenvalue weighted by Crippen LogP contribution is -2.38. The summed E-state index contributed by atoms with van der Waals surface area (Å²) in [6, 6.07) is 13.0. The average molecular weight is 368 g/mol. The highest BCUT2D eigenvalue weighted by Crippen LogP contribution is 2.17. The van der Waals surface area contributed by atoms with Crippen molar-refractivity contribution in [1.29, 1.82) is 0 Å². The van der Waals surface area contributed by atoms with E-state index in [1.165, 1.54) is 17.0 Å². The van der Waals surface area contributed by atoms with E-state index in [-0.39, 0.29) is 6.61 Å². The van der Waals surface area contributed by atoms with Crippen molar-refractivity contribution in [2.24, 2.45) is 4.99 Å². The smallest absolute Gasteiger partial charge is 0.191 e. The Labute approximate surface area is 158 Å². The van der Waals surface area contributed by atoms with Gasteiger partial charge in [-0.2, -0.15) is 0 Å². The van der Waals surface area contributed by atoms with E-state index in [0.717, 1.165) is 30.6 Å². The lowest BCUT2D eigenvalue weighted by atomic mass is 10.1. The number of hydrogen-bond acceptors (Lipinski definition) is 2. The van der Waals surface area contributed by atoms with Crippen molar-refractivity contribution in [3.8, 4) is 0 Å². The third-order valence-corrected chi connectivity index (χ3v) is 4.41. The second-order valence-electron chi connectivity index (χ2n) is 6.32. The maximum atomic E-state index is 13.5. The number of nitrogens with zero attached hydrogens (tertiary/aromatic N) is 1. The van der Waals surface area contributed by atoms with Crippen LogP contribution in [0.3, 0.4) is 0 Å². The molecule has 0 aliphatic heterocycles. The van der Waals surface area contributed by atoms with Crippen LogP contribution in [0, 0.1) is 5.82 Å². The second kappa shape index (κ2) is 9.19. The van der Waals surface area contributed by atoms with Crippen LogP contribution in [0.1, 0.15) is 23.6 Å². The van der Waals surface area contributed by atoms with Gasteiger partial charge in [0.1, 0.15) is 5.82 Å². The Morgan fingerprint density at radius 3 is 2.81 bits per heavy atom. The zero-order valence-electron chi connectivity index (χ0n) is 15.4. The van der Waals surface area contributed by atoms with Gasteiger partial charge in [-0.05, 0) is 42.7 Å². The fraction of sp³-hybridized carbons (Fsp3) is 0.286. The molecular formula is C21H25FN4O. The summed E-state index contributed by atoms with van der Waals surface area (Å²) in [7, 11) is 0. The zero-order valence-corrected chi connectivity index (χ0v) is 15.4. The lowest BCUT2D eigenvalue weighted by Gasteiger charge is -2.11. The Kier molecular flexibility index (Phi) is 6.44. The van der Waals surface area contributed by atoms with E-state index >= 15 is 0 Å². The second-order valence-corrected chi connectivity index (χ2v) is 6.32. The van der Waals surface area contributed by atoms with Crippen LogP contribution >= 0.6 is 0 Å². The monoisotopic (exact) mass is 368 g/mol. The number of guanidine groups is 1. The van der Waals surface area contributed by atoms with Crippen LogP contribution in [0.5, 0.6) is 0 Å². The van der Waals surface area contributed by atoms with Crippen molar-refractivity contribution < 1.29 is 9.50 Å². The maximum Gasteiger partial charge on any atom is 0.191 e. The van der Waals surface area contributed by atoms with Crippen LogP contribution in [-0.4, -0.2) is 29.1 Å². The molecule has 0 aliphatic carbocycles. The van der Waals surface area contributed by atoms with Gasteiger partial charge < -0.3 is 20.7 Å². The number of halogens is 1. The van der Waals surface area contributed by atoms with Crippen molar-refractivity contribution in [1.82, 2.24) is 15.6 Å². The quantitative estimate of drug-likeness (QED) is 0.383. The number of benzene rings is 2. The molecule has 142 valence electrons. The maximum absolute atomic E-state index is 13.5. The molecule has 0 aliphatic rings. The van der Waals surface area contributed by atoms with Gasteiger partial charge in [0, 0.05) is 35.8 Å². The molecule has 0 fully saturated rings. The molecule has 0 amide bonds. The number of nitrogens with one attached hydrogen (secondary N) is 3. The molecule has 0 saturated carbocycles. The number of rotatable bonds is 7.